The van der Waals surface area contributed by atoms with E-state index in [1.54, 1.807) is 0 Å². The number of benzene rings is 2. The summed E-state index contributed by atoms with van der Waals surface area (Å²) in [6.45, 7) is 0. The molecule has 18 heavy (non-hydrogen) atoms. The van der Waals surface area contributed by atoms with E-state index in [0.29, 0.717) is 0 Å². The Bertz CT molecular complexity index is 580. The molecule has 2 aromatic carbocycles. The van der Waals surface area contributed by atoms with Gasteiger partial charge in [-0.2, -0.15) is 5.06 Å². The molecule has 1 amide bonds. The Labute approximate surface area is 106 Å². The van der Waals surface area contributed by atoms with E-state index in [4.69, 9.17) is 4.84 Å². The van der Waals surface area contributed by atoms with Gasteiger partial charge >= 0.3 is 0 Å². The fourth-order valence-electron chi connectivity index (χ4n) is 2.44. The summed E-state index contributed by atoms with van der Waals surface area (Å²) < 4.78 is 0. The van der Waals surface area contributed by atoms with Crippen LogP contribution in [0.5, 0.6) is 0 Å². The van der Waals surface area contributed by atoms with Crippen LogP contribution in [0.4, 0.5) is 5.69 Å². The van der Waals surface area contributed by atoms with Gasteiger partial charge in [0.05, 0.1) is 18.7 Å². The molecule has 1 heterocycles. The maximum Gasteiger partial charge on any atom is 0.262 e. The van der Waals surface area contributed by atoms with Crippen LogP contribution in [0, 0.1) is 0 Å². The molecule has 0 aliphatic carbocycles. The molecular weight excluding hydrogens is 226 g/mol. The number of para-hydroxylation sites is 1. The van der Waals surface area contributed by atoms with Gasteiger partial charge in [-0.25, -0.2) is 0 Å². The highest BCUT2D eigenvalue weighted by atomic mass is 16.7. The second-order valence-corrected chi connectivity index (χ2v) is 4.22. The van der Waals surface area contributed by atoms with Crippen LogP contribution in [-0.4, -0.2) is 13.0 Å². The van der Waals surface area contributed by atoms with Crippen LogP contribution in [0.1, 0.15) is 17.0 Å². The summed E-state index contributed by atoms with van der Waals surface area (Å²) in [4.78, 5) is 17.6. The van der Waals surface area contributed by atoms with Gasteiger partial charge in [0.2, 0.25) is 0 Å². The minimum absolute atomic E-state index is 0.0371. The topological polar surface area (TPSA) is 29.5 Å². The molecular formula is C15H13NO2. The Morgan fingerprint density at radius 1 is 1.00 bits per heavy atom. The smallest absolute Gasteiger partial charge is 0.262 e. The first-order valence-corrected chi connectivity index (χ1v) is 5.85. The van der Waals surface area contributed by atoms with Crippen LogP contribution >= 0.6 is 0 Å². The van der Waals surface area contributed by atoms with E-state index in [0.717, 1.165) is 16.8 Å². The molecule has 0 radical (unpaired) electrons. The standard InChI is InChI=1S/C15H13NO2/c1-18-16-13-10-6-5-9-12(13)14(15(16)17)11-7-3-2-4-8-11/h2-10,14H,1H3/t14-/m0/s1. The number of hydrogen-bond donors (Lipinski definition) is 0. The van der Waals surface area contributed by atoms with E-state index in [1.165, 1.54) is 12.2 Å². The summed E-state index contributed by atoms with van der Waals surface area (Å²) in [6.07, 6.45) is 0. The SMILES string of the molecule is CON1C(=O)[C@@H](c2ccccc2)c2ccccc21. The van der Waals surface area contributed by atoms with E-state index >= 15 is 0 Å². The van der Waals surface area contributed by atoms with Crippen LogP contribution in [0.15, 0.2) is 54.6 Å². The van der Waals surface area contributed by atoms with Crippen molar-refractivity contribution in [3.05, 3.63) is 65.7 Å². The third-order valence-corrected chi connectivity index (χ3v) is 3.23. The fraction of sp³-hybridized carbons (Fsp3) is 0.133. The molecule has 1 aliphatic heterocycles. The first-order valence-electron chi connectivity index (χ1n) is 5.85. The maximum atomic E-state index is 12.4. The Morgan fingerprint density at radius 3 is 2.39 bits per heavy atom. The van der Waals surface area contributed by atoms with Gasteiger partial charge in [-0.05, 0) is 17.2 Å². The van der Waals surface area contributed by atoms with Crippen molar-refractivity contribution < 1.29 is 9.63 Å². The van der Waals surface area contributed by atoms with Crippen LogP contribution < -0.4 is 5.06 Å². The van der Waals surface area contributed by atoms with E-state index in [2.05, 4.69) is 0 Å². The molecule has 3 nitrogen and oxygen atoms in total. The molecule has 0 bridgehead atoms. The predicted octanol–water partition coefficient (Wildman–Crippen LogP) is 2.73. The van der Waals surface area contributed by atoms with Gasteiger partial charge in [0.25, 0.3) is 5.91 Å². The zero-order chi connectivity index (χ0) is 12.5. The Morgan fingerprint density at radius 2 is 1.67 bits per heavy atom. The number of hydroxylamine groups is 1. The monoisotopic (exact) mass is 239 g/mol. The number of fused-ring (bicyclic) bond motifs is 1. The van der Waals surface area contributed by atoms with E-state index < -0.39 is 0 Å². The summed E-state index contributed by atoms with van der Waals surface area (Å²) in [7, 11) is 1.52. The molecule has 2 aromatic rings. The highest BCUT2D eigenvalue weighted by molar-refractivity contribution is 6.05. The Kier molecular flexibility index (Phi) is 2.61. The lowest BCUT2D eigenvalue weighted by Gasteiger charge is -2.14. The third kappa shape index (κ3) is 1.52. The Balaban J connectivity index is 2.15. The summed E-state index contributed by atoms with van der Waals surface area (Å²) in [5, 5.41) is 1.37. The minimum atomic E-state index is -0.262. The van der Waals surface area contributed by atoms with Crippen molar-refractivity contribution in [1.82, 2.24) is 0 Å². The fourth-order valence-corrected chi connectivity index (χ4v) is 2.44. The Hall–Kier alpha value is -2.13. The van der Waals surface area contributed by atoms with Crippen molar-refractivity contribution in [3.63, 3.8) is 0 Å². The molecule has 1 aliphatic rings. The second kappa shape index (κ2) is 4.27. The summed E-state index contributed by atoms with van der Waals surface area (Å²) in [5.74, 6) is -0.299. The average Bonchev–Trinajstić information content (AvgIpc) is 2.71. The molecule has 0 aromatic heterocycles. The zero-order valence-corrected chi connectivity index (χ0v) is 10.0. The molecule has 0 N–H and O–H groups in total. The van der Waals surface area contributed by atoms with Gasteiger partial charge in [-0.1, -0.05) is 48.5 Å². The molecule has 0 fully saturated rings. The number of nitrogens with zero attached hydrogens (tertiary/aromatic N) is 1. The molecule has 90 valence electrons. The van der Waals surface area contributed by atoms with Crippen LogP contribution in [-0.2, 0) is 9.63 Å². The van der Waals surface area contributed by atoms with Gasteiger partial charge in [0.15, 0.2) is 0 Å². The van der Waals surface area contributed by atoms with Crippen molar-refractivity contribution >= 4 is 11.6 Å². The lowest BCUT2D eigenvalue weighted by Crippen LogP contribution is -2.27. The highest BCUT2D eigenvalue weighted by Crippen LogP contribution is 2.40. The molecule has 0 saturated heterocycles. The van der Waals surface area contributed by atoms with Gasteiger partial charge in [-0.3, -0.25) is 9.63 Å². The second-order valence-electron chi connectivity index (χ2n) is 4.22. The third-order valence-electron chi connectivity index (χ3n) is 3.23. The molecule has 0 saturated carbocycles. The molecule has 3 heteroatoms. The first-order chi connectivity index (χ1) is 8.83. The summed E-state index contributed by atoms with van der Waals surface area (Å²) in [5.41, 5.74) is 2.82. The number of anilines is 1. The molecule has 0 unspecified atom stereocenters. The normalized spacial score (nSPS) is 17.9. The number of rotatable bonds is 2. The highest BCUT2D eigenvalue weighted by Gasteiger charge is 2.38. The molecule has 0 spiro atoms. The zero-order valence-electron chi connectivity index (χ0n) is 10.0. The van der Waals surface area contributed by atoms with Crippen molar-refractivity contribution in [1.29, 1.82) is 0 Å². The largest absolute Gasteiger partial charge is 0.271 e. The predicted molar refractivity (Wildman–Crippen MR) is 69.2 cm³/mol. The first kappa shape index (κ1) is 11.0. The van der Waals surface area contributed by atoms with Crippen LogP contribution in [0.3, 0.4) is 0 Å². The minimum Gasteiger partial charge on any atom is -0.271 e. The van der Waals surface area contributed by atoms with Gasteiger partial charge in [0.1, 0.15) is 0 Å². The average molecular weight is 239 g/mol. The van der Waals surface area contributed by atoms with Gasteiger partial charge in [-0.15, -0.1) is 0 Å². The summed E-state index contributed by atoms with van der Waals surface area (Å²) >= 11 is 0. The molecule has 3 rings (SSSR count). The van der Waals surface area contributed by atoms with Gasteiger partial charge in [0, 0.05) is 0 Å². The van der Waals surface area contributed by atoms with Gasteiger partial charge < -0.3 is 0 Å². The number of amides is 1. The number of carbonyl (C=O) groups excluding carboxylic acids is 1. The number of carbonyl (C=O) groups is 1. The lowest BCUT2D eigenvalue weighted by atomic mass is 9.93. The van der Waals surface area contributed by atoms with E-state index in [9.17, 15) is 4.79 Å². The van der Waals surface area contributed by atoms with Crippen LogP contribution in [0.2, 0.25) is 0 Å². The van der Waals surface area contributed by atoms with Crippen molar-refractivity contribution in [2.24, 2.45) is 0 Å². The van der Waals surface area contributed by atoms with E-state index in [-0.39, 0.29) is 11.8 Å². The van der Waals surface area contributed by atoms with Crippen molar-refractivity contribution in [3.8, 4) is 0 Å². The van der Waals surface area contributed by atoms with Crippen molar-refractivity contribution in [2.45, 2.75) is 5.92 Å². The quantitative estimate of drug-likeness (QED) is 0.806. The maximum absolute atomic E-state index is 12.4. The summed E-state index contributed by atoms with van der Waals surface area (Å²) in [6, 6.07) is 17.5. The molecule has 1 atom stereocenters. The lowest BCUT2D eigenvalue weighted by molar-refractivity contribution is -0.124. The van der Waals surface area contributed by atoms with E-state index in [1.807, 2.05) is 54.6 Å². The van der Waals surface area contributed by atoms with Crippen molar-refractivity contribution in [2.75, 3.05) is 12.2 Å². The van der Waals surface area contributed by atoms with Crippen LogP contribution in [0.25, 0.3) is 0 Å². The number of hydrogen-bond acceptors (Lipinski definition) is 2.